The van der Waals surface area contributed by atoms with E-state index in [1.165, 1.54) is 17.3 Å². The zero-order chi connectivity index (χ0) is 22.8. The number of amides is 1. The third kappa shape index (κ3) is 5.57. The molecule has 0 spiro atoms. The van der Waals surface area contributed by atoms with E-state index in [-0.39, 0.29) is 34.6 Å². The molecule has 1 fully saturated rings. The van der Waals surface area contributed by atoms with Gasteiger partial charge in [-0.2, -0.15) is 0 Å². The minimum absolute atomic E-state index is 0.0429. The van der Waals surface area contributed by atoms with Gasteiger partial charge in [-0.05, 0) is 17.4 Å². The van der Waals surface area contributed by atoms with Crippen LogP contribution in [0.25, 0.3) is 11.4 Å². The lowest BCUT2D eigenvalue weighted by atomic mass is 9.87. The molecule has 0 radical (unpaired) electrons. The molecule has 168 valence electrons. The number of nitrogens with zero attached hydrogens (tertiary/aromatic N) is 4. The van der Waals surface area contributed by atoms with Gasteiger partial charge in [0.25, 0.3) is 0 Å². The predicted octanol–water partition coefficient (Wildman–Crippen LogP) is 3.17. The van der Waals surface area contributed by atoms with Gasteiger partial charge in [0.2, 0.25) is 5.91 Å². The van der Waals surface area contributed by atoms with Crippen LogP contribution in [0.3, 0.4) is 0 Å². The van der Waals surface area contributed by atoms with Crippen LogP contribution in [0.15, 0.2) is 42.1 Å². The molecule has 3 rings (SSSR count). The smallest absolute Gasteiger partial charge is 0.233 e. The van der Waals surface area contributed by atoms with E-state index in [0.29, 0.717) is 18.1 Å². The van der Waals surface area contributed by atoms with E-state index in [1.807, 2.05) is 16.7 Å². The fraction of sp³-hybridized carbons (Fsp3) is 0.500. The number of rotatable bonds is 7. The molecule has 1 amide bonds. The zero-order valence-electron chi connectivity index (χ0n) is 18.5. The Hall–Kier alpha value is -2.13. The highest BCUT2D eigenvalue weighted by Gasteiger charge is 2.32. The maximum absolute atomic E-state index is 12.6. The van der Waals surface area contributed by atoms with E-state index in [9.17, 15) is 13.2 Å². The van der Waals surface area contributed by atoms with Crippen molar-refractivity contribution in [3.63, 3.8) is 0 Å². The molecular weight excluding hydrogens is 432 g/mol. The van der Waals surface area contributed by atoms with Crippen LogP contribution in [0.4, 0.5) is 0 Å². The van der Waals surface area contributed by atoms with Crippen LogP contribution in [0.2, 0.25) is 0 Å². The van der Waals surface area contributed by atoms with Gasteiger partial charge >= 0.3 is 0 Å². The highest BCUT2D eigenvalue weighted by Crippen LogP contribution is 2.28. The van der Waals surface area contributed by atoms with Gasteiger partial charge in [-0.15, -0.1) is 16.8 Å². The maximum atomic E-state index is 12.6. The SMILES string of the molecule is C=CCn1c(SCC(=O)N(C)[C@@H]2CCS(=O)(=O)C2)nnc1-c1ccc(C(C)(C)C)cc1. The van der Waals surface area contributed by atoms with E-state index >= 15 is 0 Å². The summed E-state index contributed by atoms with van der Waals surface area (Å²) in [4.78, 5) is 14.2. The Bertz CT molecular complexity index is 1050. The average molecular weight is 463 g/mol. The van der Waals surface area contributed by atoms with Crippen LogP contribution in [0, 0.1) is 0 Å². The normalized spacial score (nSPS) is 18.1. The third-order valence-corrected chi connectivity index (χ3v) is 8.21. The molecule has 31 heavy (non-hydrogen) atoms. The van der Waals surface area contributed by atoms with Crippen molar-refractivity contribution in [2.24, 2.45) is 0 Å². The summed E-state index contributed by atoms with van der Waals surface area (Å²) in [6.07, 6.45) is 2.27. The number of carbonyl (C=O) groups is 1. The first-order chi connectivity index (χ1) is 14.5. The monoisotopic (exact) mass is 462 g/mol. The summed E-state index contributed by atoms with van der Waals surface area (Å²) >= 11 is 1.31. The molecular formula is C22H30N4O3S2. The Kier molecular flexibility index (Phi) is 6.95. The topological polar surface area (TPSA) is 85.2 Å². The first kappa shape index (κ1) is 23.5. The second-order valence-corrected chi connectivity index (χ2v) is 12.1. The van der Waals surface area contributed by atoms with Gasteiger partial charge in [0, 0.05) is 25.2 Å². The molecule has 0 saturated carbocycles. The van der Waals surface area contributed by atoms with Gasteiger partial charge in [0.15, 0.2) is 20.8 Å². The minimum atomic E-state index is -3.03. The van der Waals surface area contributed by atoms with Crippen molar-refractivity contribution in [1.82, 2.24) is 19.7 Å². The second kappa shape index (κ2) is 9.16. The zero-order valence-corrected chi connectivity index (χ0v) is 20.2. The van der Waals surface area contributed by atoms with Crippen LogP contribution in [0.5, 0.6) is 0 Å². The molecule has 2 aromatic rings. The fourth-order valence-corrected chi connectivity index (χ4v) is 6.18. The first-order valence-electron chi connectivity index (χ1n) is 10.3. The molecule has 0 aliphatic carbocycles. The Morgan fingerprint density at radius 3 is 2.52 bits per heavy atom. The first-order valence-corrected chi connectivity index (χ1v) is 13.1. The summed E-state index contributed by atoms with van der Waals surface area (Å²) in [5.41, 5.74) is 2.26. The van der Waals surface area contributed by atoms with E-state index < -0.39 is 9.84 Å². The molecule has 1 aromatic carbocycles. The minimum Gasteiger partial charge on any atom is -0.341 e. The van der Waals surface area contributed by atoms with Gasteiger partial charge in [-0.3, -0.25) is 9.36 Å². The molecule has 1 aliphatic heterocycles. The summed E-state index contributed by atoms with van der Waals surface area (Å²) < 4.78 is 25.3. The lowest BCUT2D eigenvalue weighted by molar-refractivity contribution is -0.128. The van der Waals surface area contributed by atoms with E-state index in [4.69, 9.17) is 0 Å². The average Bonchev–Trinajstić information content (AvgIpc) is 3.28. The van der Waals surface area contributed by atoms with Crippen molar-refractivity contribution in [3.05, 3.63) is 42.5 Å². The summed E-state index contributed by atoms with van der Waals surface area (Å²) in [5.74, 6) is 0.974. The number of hydrogen-bond donors (Lipinski definition) is 0. The van der Waals surface area contributed by atoms with Crippen molar-refractivity contribution in [1.29, 1.82) is 0 Å². The predicted molar refractivity (Wildman–Crippen MR) is 125 cm³/mol. The van der Waals surface area contributed by atoms with Gasteiger partial charge in [0.05, 0.1) is 17.3 Å². The van der Waals surface area contributed by atoms with E-state index in [0.717, 1.165) is 11.4 Å². The van der Waals surface area contributed by atoms with Gasteiger partial charge in [-0.25, -0.2) is 8.42 Å². The largest absolute Gasteiger partial charge is 0.341 e. The fourth-order valence-electron chi connectivity index (χ4n) is 3.53. The third-order valence-electron chi connectivity index (χ3n) is 5.51. The lowest BCUT2D eigenvalue weighted by Gasteiger charge is -2.23. The number of carbonyl (C=O) groups excluding carboxylic acids is 1. The van der Waals surface area contributed by atoms with Crippen LogP contribution in [0.1, 0.15) is 32.8 Å². The molecule has 1 aliphatic rings. The number of allylic oxidation sites excluding steroid dienone is 1. The molecule has 9 heteroatoms. The Balaban J connectivity index is 1.73. The van der Waals surface area contributed by atoms with Crippen molar-refractivity contribution in [2.45, 2.75) is 50.4 Å². The Labute approximate surface area is 188 Å². The standard InChI is InChI=1S/C22H30N4O3S2/c1-6-12-26-20(16-7-9-17(10-8-16)22(2,3)4)23-24-21(26)30-14-19(27)25(5)18-11-13-31(28,29)15-18/h6-10,18H,1,11-15H2,2-5H3/t18-/m1/s1. The quantitative estimate of drug-likeness (QED) is 0.464. The van der Waals surface area contributed by atoms with Crippen molar-refractivity contribution < 1.29 is 13.2 Å². The number of thioether (sulfide) groups is 1. The number of benzene rings is 1. The lowest BCUT2D eigenvalue weighted by Crippen LogP contribution is -2.38. The van der Waals surface area contributed by atoms with Crippen molar-refractivity contribution >= 4 is 27.5 Å². The number of sulfone groups is 1. The molecule has 1 aromatic heterocycles. The molecule has 0 unspecified atom stereocenters. The maximum Gasteiger partial charge on any atom is 0.233 e. The summed E-state index contributed by atoms with van der Waals surface area (Å²) in [7, 11) is -1.36. The number of hydrogen-bond acceptors (Lipinski definition) is 6. The Morgan fingerprint density at radius 1 is 1.29 bits per heavy atom. The van der Waals surface area contributed by atoms with Crippen LogP contribution in [-0.2, 0) is 26.6 Å². The molecule has 2 heterocycles. The van der Waals surface area contributed by atoms with Crippen molar-refractivity contribution in [2.75, 3.05) is 24.3 Å². The summed E-state index contributed by atoms with van der Waals surface area (Å²) in [6, 6.07) is 8.03. The van der Waals surface area contributed by atoms with Crippen LogP contribution < -0.4 is 0 Å². The van der Waals surface area contributed by atoms with Crippen LogP contribution >= 0.6 is 11.8 Å². The number of aromatic nitrogens is 3. The van der Waals surface area contributed by atoms with E-state index in [2.05, 4.69) is 49.7 Å². The van der Waals surface area contributed by atoms with Gasteiger partial charge in [0.1, 0.15) is 0 Å². The molecule has 0 bridgehead atoms. The highest BCUT2D eigenvalue weighted by atomic mass is 32.2. The molecule has 0 N–H and O–H groups in total. The Morgan fingerprint density at radius 2 is 1.97 bits per heavy atom. The molecule has 1 atom stereocenters. The van der Waals surface area contributed by atoms with Crippen LogP contribution in [-0.4, -0.2) is 64.3 Å². The highest BCUT2D eigenvalue weighted by molar-refractivity contribution is 7.99. The van der Waals surface area contributed by atoms with Crippen molar-refractivity contribution in [3.8, 4) is 11.4 Å². The molecule has 1 saturated heterocycles. The van der Waals surface area contributed by atoms with Gasteiger partial charge in [-0.1, -0.05) is 62.9 Å². The second-order valence-electron chi connectivity index (χ2n) is 8.88. The summed E-state index contributed by atoms with van der Waals surface area (Å²) in [5, 5.41) is 9.29. The summed E-state index contributed by atoms with van der Waals surface area (Å²) in [6.45, 7) is 10.9. The van der Waals surface area contributed by atoms with Gasteiger partial charge < -0.3 is 4.90 Å². The molecule has 7 nitrogen and oxygen atoms in total. The van der Waals surface area contributed by atoms with E-state index in [1.54, 1.807) is 18.0 Å².